The van der Waals surface area contributed by atoms with Crippen molar-refractivity contribution in [3.63, 3.8) is 0 Å². The maximum absolute atomic E-state index is 11.9. The quantitative estimate of drug-likeness (QED) is 0.860. The van der Waals surface area contributed by atoms with Gasteiger partial charge in [0.1, 0.15) is 0 Å². The summed E-state index contributed by atoms with van der Waals surface area (Å²) < 4.78 is 26.8. The summed E-state index contributed by atoms with van der Waals surface area (Å²) in [5.41, 5.74) is 0.441. The average Bonchev–Trinajstić information content (AvgIpc) is 2.58. The van der Waals surface area contributed by atoms with Crippen LogP contribution in [0.1, 0.15) is 12.6 Å². The molecule has 0 unspecified atom stereocenters. The number of sulfonamides is 1. The number of hydrogen-bond acceptors (Lipinski definition) is 5. The van der Waals surface area contributed by atoms with Crippen molar-refractivity contribution in [1.82, 2.24) is 14.6 Å². The van der Waals surface area contributed by atoms with Gasteiger partial charge < -0.3 is 4.90 Å². The average molecular weight is 298 g/mol. The van der Waals surface area contributed by atoms with Crippen molar-refractivity contribution in [1.29, 1.82) is 0 Å². The third-order valence-electron chi connectivity index (χ3n) is 2.30. The van der Waals surface area contributed by atoms with Crippen LogP contribution in [-0.4, -0.2) is 45.0 Å². The van der Waals surface area contributed by atoms with Crippen molar-refractivity contribution < 1.29 is 8.42 Å². The van der Waals surface area contributed by atoms with E-state index in [9.17, 15) is 8.42 Å². The summed E-state index contributed by atoms with van der Waals surface area (Å²) in [6, 6.07) is 0. The number of aryl methyl sites for hydroxylation is 1. The van der Waals surface area contributed by atoms with Crippen LogP contribution >= 0.6 is 22.9 Å². The Bertz CT molecular complexity index is 473. The first kappa shape index (κ1) is 14.8. The molecule has 8 heteroatoms. The molecule has 0 aliphatic heterocycles. The molecule has 98 valence electrons. The molecule has 0 atom stereocenters. The van der Waals surface area contributed by atoms with Gasteiger partial charge in [-0.2, -0.15) is 0 Å². The molecule has 0 fully saturated rings. The fourth-order valence-electron chi connectivity index (χ4n) is 1.19. The Morgan fingerprint density at radius 2 is 2.18 bits per heavy atom. The largest absolute Gasteiger partial charge is 0.305 e. The highest BCUT2D eigenvalue weighted by molar-refractivity contribution is 7.91. The number of hydrogen-bond donors (Lipinski definition) is 1. The summed E-state index contributed by atoms with van der Waals surface area (Å²) in [7, 11) is -1.55. The van der Waals surface area contributed by atoms with E-state index in [1.165, 1.54) is 0 Å². The Labute approximate surface area is 111 Å². The Morgan fingerprint density at radius 1 is 1.53 bits per heavy atom. The van der Waals surface area contributed by atoms with Crippen LogP contribution in [0.15, 0.2) is 4.21 Å². The number of nitrogens with zero attached hydrogens (tertiary/aromatic N) is 2. The molecule has 0 amide bonds. The lowest BCUT2D eigenvalue weighted by Gasteiger charge is -2.13. The molecular formula is C9H16ClN3O2S2. The molecule has 0 bridgehead atoms. The topological polar surface area (TPSA) is 62.3 Å². The van der Waals surface area contributed by atoms with Crippen LogP contribution < -0.4 is 4.72 Å². The summed E-state index contributed by atoms with van der Waals surface area (Å²) in [4.78, 5) is 5.91. The van der Waals surface area contributed by atoms with Crippen molar-refractivity contribution >= 4 is 33.0 Å². The first-order valence-corrected chi connectivity index (χ1v) is 7.85. The Balaban J connectivity index is 2.66. The van der Waals surface area contributed by atoms with E-state index in [4.69, 9.17) is 11.6 Å². The molecule has 0 aliphatic carbocycles. The number of thiazole rings is 1. The zero-order valence-electron chi connectivity index (χ0n) is 10.0. The molecule has 0 aliphatic rings. The lowest BCUT2D eigenvalue weighted by molar-refractivity contribution is 0.358. The molecule has 1 N–H and O–H groups in total. The van der Waals surface area contributed by atoms with Gasteiger partial charge in [-0.3, -0.25) is 0 Å². The van der Waals surface area contributed by atoms with Crippen molar-refractivity contribution in [3.05, 3.63) is 10.2 Å². The fourth-order valence-corrected chi connectivity index (χ4v) is 4.00. The maximum Gasteiger partial charge on any atom is 0.252 e. The minimum absolute atomic E-state index is 0.196. The molecule has 1 aromatic heterocycles. The van der Waals surface area contributed by atoms with Crippen molar-refractivity contribution in [2.45, 2.75) is 18.1 Å². The van der Waals surface area contributed by atoms with Gasteiger partial charge in [-0.05, 0) is 20.5 Å². The number of likely N-dealkylation sites (N-methyl/N-ethyl adjacent to an activating group) is 1. The summed E-state index contributed by atoms with van der Waals surface area (Å²) in [6.45, 7) is 5.58. The van der Waals surface area contributed by atoms with Crippen LogP contribution in [0.25, 0.3) is 0 Å². The second-order valence-electron chi connectivity index (χ2n) is 3.63. The van der Waals surface area contributed by atoms with E-state index in [0.717, 1.165) is 17.9 Å². The van der Waals surface area contributed by atoms with Crippen LogP contribution in [0, 0.1) is 6.92 Å². The first-order chi connectivity index (χ1) is 7.86. The first-order valence-electron chi connectivity index (χ1n) is 5.18. The smallest absolute Gasteiger partial charge is 0.252 e. The molecule has 0 aromatic carbocycles. The van der Waals surface area contributed by atoms with E-state index in [-0.39, 0.29) is 8.68 Å². The molecular weight excluding hydrogens is 282 g/mol. The maximum atomic E-state index is 11.9. The van der Waals surface area contributed by atoms with E-state index < -0.39 is 10.0 Å². The Hall–Kier alpha value is -0.210. The van der Waals surface area contributed by atoms with Gasteiger partial charge in [0.2, 0.25) is 0 Å². The van der Waals surface area contributed by atoms with Crippen molar-refractivity contribution in [2.75, 3.05) is 26.7 Å². The molecule has 0 saturated carbocycles. The molecule has 1 rings (SSSR count). The van der Waals surface area contributed by atoms with Gasteiger partial charge >= 0.3 is 0 Å². The Kier molecular flexibility index (Phi) is 5.33. The highest BCUT2D eigenvalue weighted by atomic mass is 35.5. The van der Waals surface area contributed by atoms with E-state index in [1.54, 1.807) is 6.92 Å². The van der Waals surface area contributed by atoms with Gasteiger partial charge in [0.05, 0.1) is 5.69 Å². The van der Waals surface area contributed by atoms with Crippen molar-refractivity contribution in [2.24, 2.45) is 0 Å². The highest BCUT2D eigenvalue weighted by Crippen LogP contribution is 2.26. The van der Waals surface area contributed by atoms with Crippen LogP contribution in [0.3, 0.4) is 0 Å². The van der Waals surface area contributed by atoms with Crippen LogP contribution in [0.5, 0.6) is 0 Å². The van der Waals surface area contributed by atoms with Crippen LogP contribution in [0.2, 0.25) is 4.47 Å². The van der Waals surface area contributed by atoms with Crippen LogP contribution in [0.4, 0.5) is 0 Å². The summed E-state index contributed by atoms with van der Waals surface area (Å²) in [5.74, 6) is 0. The minimum Gasteiger partial charge on any atom is -0.305 e. The Morgan fingerprint density at radius 3 is 2.65 bits per heavy atom. The number of halogens is 1. The van der Waals surface area contributed by atoms with Gasteiger partial charge in [0.15, 0.2) is 8.68 Å². The molecule has 17 heavy (non-hydrogen) atoms. The van der Waals surface area contributed by atoms with Gasteiger partial charge in [-0.15, -0.1) is 0 Å². The monoisotopic (exact) mass is 297 g/mol. The van der Waals surface area contributed by atoms with Gasteiger partial charge in [-0.25, -0.2) is 18.1 Å². The predicted octanol–water partition coefficient (Wildman–Crippen LogP) is 1.33. The lowest BCUT2D eigenvalue weighted by atomic mass is 10.5. The molecule has 1 aromatic rings. The fraction of sp³-hybridized carbons (Fsp3) is 0.667. The molecule has 0 saturated heterocycles. The van der Waals surface area contributed by atoms with Gasteiger partial charge in [0, 0.05) is 13.1 Å². The SMILES string of the molecule is CCN(C)CCNS(=O)(=O)c1sc(Cl)nc1C. The number of nitrogens with one attached hydrogen (secondary N) is 1. The van der Waals surface area contributed by atoms with Gasteiger partial charge in [0.25, 0.3) is 10.0 Å². The normalized spacial score (nSPS) is 12.3. The zero-order chi connectivity index (χ0) is 13.1. The minimum atomic E-state index is -3.48. The third kappa shape index (κ3) is 4.18. The standard InChI is InChI=1S/C9H16ClN3O2S2/c1-4-13(3)6-5-11-17(14,15)8-7(2)12-9(10)16-8/h11H,4-6H2,1-3H3. The lowest BCUT2D eigenvalue weighted by Crippen LogP contribution is -2.32. The predicted molar refractivity (Wildman–Crippen MR) is 70.2 cm³/mol. The zero-order valence-corrected chi connectivity index (χ0v) is 12.4. The van der Waals surface area contributed by atoms with Crippen LogP contribution in [-0.2, 0) is 10.0 Å². The highest BCUT2D eigenvalue weighted by Gasteiger charge is 2.20. The van der Waals surface area contributed by atoms with E-state index >= 15 is 0 Å². The molecule has 5 nitrogen and oxygen atoms in total. The van der Waals surface area contributed by atoms with Crippen molar-refractivity contribution in [3.8, 4) is 0 Å². The van der Waals surface area contributed by atoms with Gasteiger partial charge in [-0.1, -0.05) is 29.9 Å². The number of rotatable bonds is 6. The van der Waals surface area contributed by atoms with E-state index in [1.807, 2.05) is 18.9 Å². The summed E-state index contributed by atoms with van der Waals surface area (Å²) in [5, 5.41) is 0. The second kappa shape index (κ2) is 6.10. The summed E-state index contributed by atoms with van der Waals surface area (Å²) >= 11 is 6.66. The second-order valence-corrected chi connectivity index (χ2v) is 7.18. The van der Waals surface area contributed by atoms with E-state index in [0.29, 0.717) is 18.8 Å². The number of aromatic nitrogens is 1. The molecule has 0 spiro atoms. The molecule has 0 radical (unpaired) electrons. The third-order valence-corrected chi connectivity index (χ3v) is 5.63. The summed E-state index contributed by atoms with van der Waals surface area (Å²) in [6.07, 6.45) is 0. The molecule has 1 heterocycles. The van der Waals surface area contributed by atoms with E-state index in [2.05, 4.69) is 9.71 Å².